The zero-order chi connectivity index (χ0) is 18.8. The summed E-state index contributed by atoms with van der Waals surface area (Å²) in [5.74, 6) is -0.390. The van der Waals surface area contributed by atoms with Crippen LogP contribution in [0.25, 0.3) is 0 Å². The van der Waals surface area contributed by atoms with E-state index < -0.39 is 11.0 Å². The fourth-order valence-electron chi connectivity index (χ4n) is 2.72. The third-order valence-corrected chi connectivity index (χ3v) is 4.07. The zero-order valence-corrected chi connectivity index (χ0v) is 14.3. The van der Waals surface area contributed by atoms with Crippen LogP contribution in [0.1, 0.15) is 16.8 Å². The van der Waals surface area contributed by atoms with Gasteiger partial charge < -0.3 is 14.8 Å². The van der Waals surface area contributed by atoms with Gasteiger partial charge in [-0.3, -0.25) is 14.9 Å². The highest BCUT2D eigenvalue weighted by Gasteiger charge is 2.33. The number of fused-ring (bicyclic) bond motifs is 1. The van der Waals surface area contributed by atoms with Gasteiger partial charge in [-0.2, -0.15) is 4.74 Å². The second-order valence-corrected chi connectivity index (χ2v) is 6.08. The molecule has 0 fully saturated rings. The number of anilines is 1. The number of nitrogens with zero attached hydrogens (tertiary/aromatic N) is 3. The standard InChI is InChI=1S/C18H17N3O5/c1-19(2)12-6-8-13(9-7-12)20(23)11-14-10-17(22)15-4-3-5-16(21(24)25)18(15)26-14/h3-9,11,14H,10H2,1-2H3/b20-11+. The molecule has 1 unspecified atom stereocenters. The van der Waals surface area contributed by atoms with Crippen LogP contribution < -0.4 is 9.64 Å². The molecule has 0 saturated carbocycles. The highest BCUT2D eigenvalue weighted by atomic mass is 16.6. The minimum atomic E-state index is -0.873. The molecule has 1 aliphatic rings. The smallest absolute Gasteiger partial charge is 0.311 e. The Labute approximate surface area is 149 Å². The molecule has 0 bridgehead atoms. The molecule has 1 heterocycles. The van der Waals surface area contributed by atoms with Crippen molar-refractivity contribution in [3.05, 3.63) is 63.3 Å². The first-order chi connectivity index (χ1) is 12.4. The van der Waals surface area contributed by atoms with E-state index in [-0.39, 0.29) is 29.2 Å². The van der Waals surface area contributed by atoms with Gasteiger partial charge in [0.05, 0.1) is 16.9 Å². The maximum atomic E-state index is 12.4. The molecule has 0 N–H and O–H groups in total. The summed E-state index contributed by atoms with van der Waals surface area (Å²) >= 11 is 0. The third-order valence-electron chi connectivity index (χ3n) is 4.07. The summed E-state index contributed by atoms with van der Waals surface area (Å²) in [7, 11) is 3.78. The lowest BCUT2D eigenvalue weighted by Crippen LogP contribution is -2.30. The molecule has 0 radical (unpaired) electrons. The average molecular weight is 355 g/mol. The molecule has 2 aromatic carbocycles. The minimum Gasteiger partial charge on any atom is -0.618 e. The van der Waals surface area contributed by atoms with Crippen LogP contribution in [0.15, 0.2) is 42.5 Å². The van der Waals surface area contributed by atoms with Crippen LogP contribution in [0.4, 0.5) is 17.1 Å². The van der Waals surface area contributed by atoms with Crippen LogP contribution in [-0.2, 0) is 0 Å². The van der Waals surface area contributed by atoms with E-state index in [9.17, 15) is 20.1 Å². The number of para-hydroxylation sites is 1. The van der Waals surface area contributed by atoms with E-state index in [0.717, 1.165) is 5.69 Å². The molecular formula is C18H17N3O5. The van der Waals surface area contributed by atoms with Gasteiger partial charge in [-0.15, -0.1) is 0 Å². The van der Waals surface area contributed by atoms with E-state index in [1.165, 1.54) is 24.4 Å². The van der Waals surface area contributed by atoms with Crippen molar-refractivity contribution in [3.63, 3.8) is 0 Å². The van der Waals surface area contributed by atoms with Crippen LogP contribution >= 0.6 is 0 Å². The van der Waals surface area contributed by atoms with Gasteiger partial charge in [0.1, 0.15) is 0 Å². The molecule has 134 valence electrons. The Morgan fingerprint density at radius 2 is 1.85 bits per heavy atom. The Kier molecular flexibility index (Phi) is 4.57. The molecule has 3 rings (SSSR count). The number of Topliss-reactive ketones (excluding diaryl/α,β-unsaturated/α-hetero) is 1. The van der Waals surface area contributed by atoms with Gasteiger partial charge >= 0.3 is 5.69 Å². The SMILES string of the molecule is CN(C)c1ccc(/[N+]([O-])=C\C2CC(=O)c3cccc([N+](=O)[O-])c3O2)cc1. The number of hydrogen-bond acceptors (Lipinski definition) is 6. The van der Waals surface area contributed by atoms with E-state index >= 15 is 0 Å². The van der Waals surface area contributed by atoms with Crippen molar-refractivity contribution in [1.29, 1.82) is 0 Å². The van der Waals surface area contributed by atoms with Gasteiger partial charge in [0.2, 0.25) is 11.4 Å². The molecule has 0 amide bonds. The number of carbonyl (C=O) groups is 1. The summed E-state index contributed by atoms with van der Waals surface area (Å²) < 4.78 is 6.19. The van der Waals surface area contributed by atoms with E-state index in [1.807, 2.05) is 19.0 Å². The normalized spacial score (nSPS) is 16.6. The number of nitro benzene ring substituents is 1. The summed E-state index contributed by atoms with van der Waals surface area (Å²) in [4.78, 5) is 24.7. The molecule has 0 aromatic heterocycles. The Bertz CT molecular complexity index is 876. The van der Waals surface area contributed by atoms with Crippen molar-refractivity contribution in [2.75, 3.05) is 19.0 Å². The lowest BCUT2D eigenvalue weighted by atomic mass is 10.0. The van der Waals surface area contributed by atoms with Crippen LogP contribution in [0, 0.1) is 15.3 Å². The van der Waals surface area contributed by atoms with Gasteiger partial charge in [0, 0.05) is 38.0 Å². The van der Waals surface area contributed by atoms with Gasteiger partial charge in [-0.05, 0) is 18.2 Å². The Morgan fingerprint density at radius 3 is 2.46 bits per heavy atom. The monoisotopic (exact) mass is 355 g/mol. The molecule has 0 spiro atoms. The third kappa shape index (κ3) is 3.34. The van der Waals surface area contributed by atoms with Crippen molar-refractivity contribution in [2.24, 2.45) is 0 Å². The largest absolute Gasteiger partial charge is 0.618 e. The molecular weight excluding hydrogens is 338 g/mol. The first kappa shape index (κ1) is 17.4. The number of nitro groups is 1. The maximum absolute atomic E-state index is 12.4. The Hall–Kier alpha value is -3.42. The average Bonchev–Trinajstić information content (AvgIpc) is 2.61. The topological polar surface area (TPSA) is 98.8 Å². The van der Waals surface area contributed by atoms with Crippen LogP contribution in [0.5, 0.6) is 5.75 Å². The number of hydrogen-bond donors (Lipinski definition) is 0. The molecule has 8 nitrogen and oxygen atoms in total. The number of ketones is 1. The number of benzene rings is 2. The first-order valence-electron chi connectivity index (χ1n) is 7.93. The summed E-state index contributed by atoms with van der Waals surface area (Å²) in [6.07, 6.45) is 0.285. The molecule has 8 heteroatoms. The molecule has 2 aromatic rings. The van der Waals surface area contributed by atoms with Gasteiger partial charge in [0.25, 0.3) is 0 Å². The number of rotatable bonds is 4. The predicted molar refractivity (Wildman–Crippen MR) is 96.6 cm³/mol. The second kappa shape index (κ2) is 6.83. The summed E-state index contributed by atoms with van der Waals surface area (Å²) in [5.41, 5.74) is 1.19. The van der Waals surface area contributed by atoms with Crippen molar-refractivity contribution >= 4 is 29.1 Å². The number of ether oxygens (including phenoxy) is 1. The van der Waals surface area contributed by atoms with Crippen molar-refractivity contribution in [2.45, 2.75) is 12.5 Å². The summed E-state index contributed by atoms with van der Waals surface area (Å²) in [5, 5.41) is 23.5. The molecule has 26 heavy (non-hydrogen) atoms. The van der Waals surface area contributed by atoms with Crippen LogP contribution in [-0.4, -0.2) is 41.9 Å². The predicted octanol–water partition coefficient (Wildman–Crippen LogP) is 2.91. The van der Waals surface area contributed by atoms with E-state index in [4.69, 9.17) is 4.74 Å². The van der Waals surface area contributed by atoms with Gasteiger partial charge in [0.15, 0.2) is 18.1 Å². The molecule has 1 atom stereocenters. The van der Waals surface area contributed by atoms with E-state index in [0.29, 0.717) is 10.4 Å². The first-order valence-corrected chi connectivity index (χ1v) is 7.93. The van der Waals surface area contributed by atoms with Crippen molar-refractivity contribution in [3.8, 4) is 5.75 Å². The quantitative estimate of drug-likeness (QED) is 0.275. The fraction of sp³-hybridized carbons (Fsp3) is 0.222. The number of carbonyl (C=O) groups excluding carboxylic acids is 1. The Balaban J connectivity index is 1.88. The van der Waals surface area contributed by atoms with Crippen LogP contribution in [0.3, 0.4) is 0 Å². The van der Waals surface area contributed by atoms with Crippen molar-refractivity contribution in [1.82, 2.24) is 0 Å². The maximum Gasteiger partial charge on any atom is 0.311 e. The molecule has 0 saturated heterocycles. The summed E-state index contributed by atoms with van der Waals surface area (Å²) in [6.45, 7) is 0. The van der Waals surface area contributed by atoms with Gasteiger partial charge in [-0.25, -0.2) is 0 Å². The lowest BCUT2D eigenvalue weighted by molar-refractivity contribution is -0.386. The highest BCUT2D eigenvalue weighted by Crippen LogP contribution is 2.36. The summed E-state index contributed by atoms with van der Waals surface area (Å²) in [6, 6.07) is 11.1. The highest BCUT2D eigenvalue weighted by molar-refractivity contribution is 6.02. The molecule has 0 aliphatic carbocycles. The van der Waals surface area contributed by atoms with E-state index in [2.05, 4.69) is 0 Å². The Morgan fingerprint density at radius 1 is 1.15 bits per heavy atom. The van der Waals surface area contributed by atoms with Gasteiger partial charge in [-0.1, -0.05) is 6.07 Å². The second-order valence-electron chi connectivity index (χ2n) is 6.08. The van der Waals surface area contributed by atoms with E-state index in [1.54, 1.807) is 24.3 Å². The molecule has 1 aliphatic heterocycles. The van der Waals surface area contributed by atoms with Crippen LogP contribution in [0.2, 0.25) is 0 Å². The zero-order valence-electron chi connectivity index (χ0n) is 14.3. The fourth-order valence-corrected chi connectivity index (χ4v) is 2.72. The lowest BCUT2D eigenvalue weighted by Gasteiger charge is -2.21. The minimum absolute atomic E-state index is 0.0529. The van der Waals surface area contributed by atoms with Crippen molar-refractivity contribution < 1.29 is 19.2 Å².